The van der Waals surface area contributed by atoms with Gasteiger partial charge < -0.3 is 0 Å². The van der Waals surface area contributed by atoms with Gasteiger partial charge in [0, 0.05) is 29.8 Å². The second-order valence-electron chi connectivity index (χ2n) is 7.11. The van der Waals surface area contributed by atoms with Gasteiger partial charge in [-0.15, -0.1) is 11.3 Å². The van der Waals surface area contributed by atoms with Crippen LogP contribution in [0.15, 0.2) is 71.9 Å². The quantitative estimate of drug-likeness (QED) is 0.434. The summed E-state index contributed by atoms with van der Waals surface area (Å²) in [6.45, 7) is 4.17. The molecule has 4 aromatic rings. The zero-order valence-corrected chi connectivity index (χ0v) is 18.0. The van der Waals surface area contributed by atoms with Gasteiger partial charge in [-0.3, -0.25) is 4.98 Å². The number of nitrogens with zero attached hydrogens (tertiary/aromatic N) is 2. The van der Waals surface area contributed by atoms with Crippen LogP contribution >= 0.6 is 11.3 Å². The van der Waals surface area contributed by atoms with Gasteiger partial charge in [0.05, 0.1) is 15.5 Å². The second-order valence-corrected chi connectivity index (χ2v) is 10.1. The molecule has 0 fully saturated rings. The first-order chi connectivity index (χ1) is 13.8. The smallest absolute Gasteiger partial charge is 0.175 e. The van der Waals surface area contributed by atoms with E-state index in [1.54, 1.807) is 35.9 Å². The van der Waals surface area contributed by atoms with E-state index in [2.05, 4.69) is 37.0 Å². The zero-order chi connectivity index (χ0) is 20.6. The first-order valence-electron chi connectivity index (χ1n) is 9.12. The molecule has 0 aliphatic carbocycles. The Morgan fingerprint density at radius 3 is 2.00 bits per heavy atom. The van der Waals surface area contributed by atoms with Gasteiger partial charge in [-0.1, -0.05) is 29.3 Å². The molecule has 0 unspecified atom stereocenters. The van der Waals surface area contributed by atoms with E-state index in [0.29, 0.717) is 4.90 Å². The van der Waals surface area contributed by atoms with Crippen molar-refractivity contribution in [1.82, 2.24) is 9.97 Å². The Kier molecular flexibility index (Phi) is 5.06. The molecular weight excluding hydrogens is 400 g/mol. The van der Waals surface area contributed by atoms with Gasteiger partial charge in [0.2, 0.25) is 0 Å². The van der Waals surface area contributed by atoms with Crippen molar-refractivity contribution in [2.75, 3.05) is 6.26 Å². The van der Waals surface area contributed by atoms with Crippen LogP contribution in [0.25, 0.3) is 32.3 Å². The molecule has 146 valence electrons. The Balaban J connectivity index is 1.88. The number of hydrogen-bond donors (Lipinski definition) is 0. The van der Waals surface area contributed by atoms with Crippen molar-refractivity contribution >= 4 is 21.2 Å². The standard InChI is InChI=1S/C23H20N2O2S2/c1-15-12-16(2)14-19(13-15)21-22(17-8-10-24-11-9-17)28-23(25-21)18-4-6-20(7-5-18)29(3,26)27/h4-14H,1-3H3. The number of rotatable bonds is 4. The lowest BCUT2D eigenvalue weighted by molar-refractivity contribution is 0.602. The zero-order valence-electron chi connectivity index (χ0n) is 16.4. The summed E-state index contributed by atoms with van der Waals surface area (Å²) in [4.78, 5) is 10.5. The molecule has 0 radical (unpaired) electrons. The fourth-order valence-electron chi connectivity index (χ4n) is 3.29. The average Bonchev–Trinajstić information content (AvgIpc) is 3.13. The van der Waals surface area contributed by atoms with Gasteiger partial charge in [-0.25, -0.2) is 13.4 Å². The first-order valence-corrected chi connectivity index (χ1v) is 11.8. The largest absolute Gasteiger partial charge is 0.265 e. The van der Waals surface area contributed by atoms with E-state index in [1.165, 1.54) is 17.4 Å². The predicted molar refractivity (Wildman–Crippen MR) is 119 cm³/mol. The summed E-state index contributed by atoms with van der Waals surface area (Å²) in [5.74, 6) is 0. The first kappa shape index (κ1) is 19.5. The fourth-order valence-corrected chi connectivity index (χ4v) is 5.02. The van der Waals surface area contributed by atoms with Crippen molar-refractivity contribution in [2.24, 2.45) is 0 Å². The molecule has 0 aliphatic rings. The van der Waals surface area contributed by atoms with Gasteiger partial charge in [0.25, 0.3) is 0 Å². The molecule has 0 saturated carbocycles. The summed E-state index contributed by atoms with van der Waals surface area (Å²) < 4.78 is 23.5. The highest BCUT2D eigenvalue weighted by Gasteiger charge is 2.17. The molecule has 0 N–H and O–H groups in total. The van der Waals surface area contributed by atoms with E-state index in [0.717, 1.165) is 32.3 Å². The number of aromatic nitrogens is 2. The fraction of sp³-hybridized carbons (Fsp3) is 0.130. The van der Waals surface area contributed by atoms with E-state index in [9.17, 15) is 8.42 Å². The number of sulfone groups is 1. The number of pyridine rings is 1. The minimum Gasteiger partial charge on any atom is -0.265 e. The van der Waals surface area contributed by atoms with Crippen LogP contribution in [0.4, 0.5) is 0 Å². The third-order valence-electron chi connectivity index (χ3n) is 4.59. The Labute approximate surface area is 174 Å². The van der Waals surface area contributed by atoms with E-state index >= 15 is 0 Å². The van der Waals surface area contributed by atoms with E-state index in [1.807, 2.05) is 24.3 Å². The van der Waals surface area contributed by atoms with Crippen molar-refractivity contribution < 1.29 is 8.42 Å². The Hall–Kier alpha value is -2.83. The molecule has 0 amide bonds. The normalized spacial score (nSPS) is 11.6. The van der Waals surface area contributed by atoms with Crippen molar-refractivity contribution in [3.05, 3.63) is 78.1 Å². The van der Waals surface area contributed by atoms with Crippen LogP contribution in [-0.2, 0) is 9.84 Å². The number of hydrogen-bond acceptors (Lipinski definition) is 5. The summed E-state index contributed by atoms with van der Waals surface area (Å²) in [6, 6.07) is 17.3. The highest BCUT2D eigenvalue weighted by Crippen LogP contribution is 2.41. The third-order valence-corrected chi connectivity index (χ3v) is 6.88. The second kappa shape index (κ2) is 7.54. The van der Waals surface area contributed by atoms with Crippen LogP contribution < -0.4 is 0 Å². The maximum atomic E-state index is 11.8. The maximum Gasteiger partial charge on any atom is 0.175 e. The van der Waals surface area contributed by atoms with Gasteiger partial charge >= 0.3 is 0 Å². The van der Waals surface area contributed by atoms with Crippen LogP contribution in [0.1, 0.15) is 11.1 Å². The predicted octanol–water partition coefficient (Wildman–Crippen LogP) is 5.56. The lowest BCUT2D eigenvalue weighted by Crippen LogP contribution is -1.96. The molecule has 2 aromatic carbocycles. The molecule has 2 heterocycles. The molecule has 0 aliphatic heterocycles. The van der Waals surface area contributed by atoms with Crippen molar-refractivity contribution in [3.8, 4) is 32.3 Å². The summed E-state index contributed by atoms with van der Waals surface area (Å²) in [6.07, 6.45) is 4.77. The molecule has 0 saturated heterocycles. The van der Waals surface area contributed by atoms with Gasteiger partial charge in [-0.2, -0.15) is 0 Å². The summed E-state index contributed by atoms with van der Waals surface area (Å²) in [7, 11) is -3.22. The molecule has 2 aromatic heterocycles. The topological polar surface area (TPSA) is 59.9 Å². The Morgan fingerprint density at radius 1 is 0.793 bits per heavy atom. The number of aryl methyl sites for hydroxylation is 2. The minimum atomic E-state index is -3.22. The van der Waals surface area contributed by atoms with Crippen molar-refractivity contribution in [3.63, 3.8) is 0 Å². The SMILES string of the molecule is Cc1cc(C)cc(-c2nc(-c3ccc(S(C)(=O)=O)cc3)sc2-c2ccncc2)c1. The van der Waals surface area contributed by atoms with Crippen molar-refractivity contribution in [2.45, 2.75) is 18.7 Å². The average molecular weight is 421 g/mol. The van der Waals surface area contributed by atoms with Gasteiger partial charge in [-0.05, 0) is 55.8 Å². The molecule has 4 nitrogen and oxygen atoms in total. The third kappa shape index (κ3) is 4.13. The highest BCUT2D eigenvalue weighted by molar-refractivity contribution is 7.90. The van der Waals surface area contributed by atoms with Crippen LogP contribution in [0.2, 0.25) is 0 Å². The molecule has 6 heteroatoms. The molecule has 4 rings (SSSR count). The summed E-state index contributed by atoms with van der Waals surface area (Å²) >= 11 is 1.60. The van der Waals surface area contributed by atoms with E-state index < -0.39 is 9.84 Å². The minimum absolute atomic E-state index is 0.307. The van der Waals surface area contributed by atoms with Crippen LogP contribution in [0.3, 0.4) is 0 Å². The maximum absolute atomic E-state index is 11.8. The highest BCUT2D eigenvalue weighted by atomic mass is 32.2. The van der Waals surface area contributed by atoms with Crippen molar-refractivity contribution in [1.29, 1.82) is 0 Å². The van der Waals surface area contributed by atoms with Crippen LogP contribution in [-0.4, -0.2) is 24.6 Å². The molecule has 0 bridgehead atoms. The lowest BCUT2D eigenvalue weighted by Gasteiger charge is -2.05. The molecule has 0 atom stereocenters. The van der Waals surface area contributed by atoms with Crippen LogP contribution in [0.5, 0.6) is 0 Å². The number of benzene rings is 2. The lowest BCUT2D eigenvalue weighted by atomic mass is 10.0. The van der Waals surface area contributed by atoms with Crippen LogP contribution in [0, 0.1) is 13.8 Å². The Bertz CT molecular complexity index is 1260. The monoisotopic (exact) mass is 420 g/mol. The molecular formula is C23H20N2O2S2. The molecule has 0 spiro atoms. The summed E-state index contributed by atoms with van der Waals surface area (Å²) in [5.41, 5.74) is 6.33. The summed E-state index contributed by atoms with van der Waals surface area (Å²) in [5, 5.41) is 0.853. The number of thiazole rings is 1. The van der Waals surface area contributed by atoms with Gasteiger partial charge in [0.1, 0.15) is 5.01 Å². The van der Waals surface area contributed by atoms with E-state index in [-0.39, 0.29) is 0 Å². The van der Waals surface area contributed by atoms with Gasteiger partial charge in [0.15, 0.2) is 9.84 Å². The molecule has 29 heavy (non-hydrogen) atoms. The Morgan fingerprint density at radius 2 is 1.41 bits per heavy atom. The van der Waals surface area contributed by atoms with E-state index in [4.69, 9.17) is 4.98 Å².